The number of nitrogens with zero attached hydrogens (tertiary/aromatic N) is 2. The van der Waals surface area contributed by atoms with E-state index in [9.17, 15) is 0 Å². The molecule has 0 fully saturated rings. The smallest absolute Gasteiger partial charge is 0.134 e. The molecule has 9 aromatic rings. The molecule has 3 heterocycles. The van der Waals surface area contributed by atoms with Gasteiger partial charge in [-0.2, -0.15) is 0 Å². The fraction of sp³-hybridized carbons (Fsp3) is 0.0606. The Bertz CT molecular complexity index is 3430. The van der Waals surface area contributed by atoms with Crippen molar-refractivity contribution in [1.29, 1.82) is 0 Å². The van der Waals surface area contributed by atoms with Gasteiger partial charge in [0.25, 0.3) is 0 Å². The van der Waals surface area contributed by atoms with Gasteiger partial charge in [0.05, 0.1) is 5.52 Å². The average Bonchev–Trinajstić information content (AvgIpc) is 4.02. The number of ether oxygens (including phenoxy) is 1. The molecule has 2 unspecified atom stereocenters. The molecule has 4 nitrogen and oxygen atoms in total. The first-order valence-corrected chi connectivity index (χ1v) is 23.9. The summed E-state index contributed by atoms with van der Waals surface area (Å²) in [6, 6.07) is 72.4. The Balaban J connectivity index is 1.07. The Morgan fingerprint density at radius 3 is 2.10 bits per heavy atom. The zero-order chi connectivity index (χ0) is 47.7. The number of benzene rings is 7. The predicted molar refractivity (Wildman–Crippen MR) is 294 cm³/mol. The average molecular weight is 907 g/mol. The third kappa shape index (κ3) is 9.76. The quantitative estimate of drug-likeness (QED) is 0.0758. The van der Waals surface area contributed by atoms with Gasteiger partial charge >= 0.3 is 0 Å². The fourth-order valence-electron chi connectivity index (χ4n) is 9.39. The number of anilines is 2. The van der Waals surface area contributed by atoms with Crippen LogP contribution in [-0.4, -0.2) is 4.57 Å². The lowest BCUT2D eigenvalue weighted by molar-refractivity contribution is 0.433. The van der Waals surface area contributed by atoms with Crippen LogP contribution in [0.4, 0.5) is 11.4 Å². The lowest BCUT2D eigenvalue weighted by Gasteiger charge is -2.22. The number of furan rings is 1. The molecule has 0 N–H and O–H groups in total. The highest BCUT2D eigenvalue weighted by Gasteiger charge is 2.28. The van der Waals surface area contributed by atoms with E-state index < -0.39 is 0 Å². The van der Waals surface area contributed by atoms with E-state index in [1.807, 2.05) is 72.8 Å². The second kappa shape index (κ2) is 21.0. The van der Waals surface area contributed by atoms with Gasteiger partial charge in [-0.15, -0.1) is 13.2 Å². The molecule has 0 amide bonds. The molecule has 2 aromatic heterocycles. The van der Waals surface area contributed by atoms with Crippen LogP contribution in [0, 0.1) is 0 Å². The summed E-state index contributed by atoms with van der Waals surface area (Å²) in [7, 11) is 0. The van der Waals surface area contributed by atoms with Gasteiger partial charge in [0, 0.05) is 52.2 Å². The summed E-state index contributed by atoms with van der Waals surface area (Å²) in [5.41, 5.74) is 12.8. The molecule has 10 rings (SSSR count). The summed E-state index contributed by atoms with van der Waals surface area (Å²) >= 11 is 0. The molecular formula is C66H54N2O2. The van der Waals surface area contributed by atoms with Gasteiger partial charge in [0.2, 0.25) is 0 Å². The van der Waals surface area contributed by atoms with Crippen molar-refractivity contribution in [2.45, 2.75) is 24.7 Å². The molecule has 340 valence electrons. The van der Waals surface area contributed by atoms with Gasteiger partial charge in [-0.3, -0.25) is 0 Å². The van der Waals surface area contributed by atoms with Crippen molar-refractivity contribution in [2.24, 2.45) is 0 Å². The van der Waals surface area contributed by atoms with Crippen molar-refractivity contribution in [1.82, 2.24) is 4.57 Å². The maximum Gasteiger partial charge on any atom is 0.134 e. The molecule has 0 aliphatic carbocycles. The molecule has 2 atom stereocenters. The van der Waals surface area contributed by atoms with E-state index in [1.165, 1.54) is 11.1 Å². The molecule has 0 spiro atoms. The molecule has 0 radical (unpaired) electrons. The maximum atomic E-state index is 6.51. The summed E-state index contributed by atoms with van der Waals surface area (Å²) in [5, 5.41) is 2.15. The molecule has 1 aliphatic heterocycles. The molecule has 4 heteroatoms. The Labute approximate surface area is 411 Å². The van der Waals surface area contributed by atoms with Crippen LogP contribution < -0.4 is 9.64 Å². The number of hydrogen-bond acceptors (Lipinski definition) is 3. The van der Waals surface area contributed by atoms with Crippen LogP contribution in [0.25, 0.3) is 50.3 Å². The number of fused-ring (bicyclic) bond motifs is 3. The highest BCUT2D eigenvalue weighted by atomic mass is 16.5. The Morgan fingerprint density at radius 2 is 1.34 bits per heavy atom. The minimum absolute atomic E-state index is 0.0208. The van der Waals surface area contributed by atoms with Crippen LogP contribution >= 0.6 is 0 Å². The molecule has 70 heavy (non-hydrogen) atoms. The lowest BCUT2D eigenvalue weighted by atomic mass is 9.92. The fourth-order valence-corrected chi connectivity index (χ4v) is 9.39. The summed E-state index contributed by atoms with van der Waals surface area (Å²) in [5.74, 6) is 2.80. The standard InChI is InChI=1S/C66H54N2O2/c1-4-19-59(66-47-55-26-13-15-29-63(55)69-66)53-35-42-62-54(46-53)32-31-48(45-65-60(20-5-2)61-28-14-16-30-64(61)70-65)21-17-44-68(62)58-40-38-57(39-41-58)67(43-18-27-49(6-3)50-22-9-7-10-23-50)56-36-33-52(34-37-56)51-24-11-8-12-25-51/h4-18,21-47,59-60H,1-3,19-20H2. The number of rotatable bonds is 15. The van der Waals surface area contributed by atoms with E-state index in [-0.39, 0.29) is 11.8 Å². The monoisotopic (exact) mass is 906 g/mol. The van der Waals surface area contributed by atoms with E-state index in [0.717, 1.165) is 96.9 Å². The van der Waals surface area contributed by atoms with E-state index in [1.54, 1.807) is 0 Å². The maximum absolute atomic E-state index is 6.51. The topological polar surface area (TPSA) is 30.5 Å². The molecule has 1 aliphatic rings. The Kier molecular flexibility index (Phi) is 13.5. The third-order valence-electron chi connectivity index (χ3n) is 13.0. The SMILES string of the molecule is C=CCC1C(=Cc2cccn(-c3ccc(N(C=CC=C(C=C)c4ccccc4)c4ccc(-c5ccccc5)cc4)cc3)c3ccc(C(CC=C)c4cc5ccccc5o4)cc3cc2)Oc2ccccc21. The molecule has 0 bridgehead atoms. The van der Waals surface area contributed by atoms with Crippen molar-refractivity contribution in [2.75, 3.05) is 4.90 Å². The van der Waals surface area contributed by atoms with Crippen LogP contribution in [0.3, 0.4) is 0 Å². The predicted octanol–water partition coefficient (Wildman–Crippen LogP) is 17.9. The van der Waals surface area contributed by atoms with Crippen molar-refractivity contribution in [3.05, 3.63) is 303 Å². The summed E-state index contributed by atoms with van der Waals surface area (Å²) < 4.78 is 15.3. The van der Waals surface area contributed by atoms with Gasteiger partial charge in [-0.25, -0.2) is 0 Å². The largest absolute Gasteiger partial charge is 0.461 e. The van der Waals surface area contributed by atoms with Crippen LogP contribution in [0.2, 0.25) is 0 Å². The third-order valence-corrected chi connectivity index (χ3v) is 13.0. The van der Waals surface area contributed by atoms with Crippen LogP contribution in [-0.2, 0) is 0 Å². The van der Waals surface area contributed by atoms with Crippen LogP contribution in [0.1, 0.15) is 52.7 Å². The number of hydrogen-bond donors (Lipinski definition) is 0. The van der Waals surface area contributed by atoms with Gasteiger partial charge in [-0.05, 0) is 137 Å². The van der Waals surface area contributed by atoms with E-state index in [0.29, 0.717) is 0 Å². The highest BCUT2D eigenvalue weighted by Crippen LogP contribution is 2.43. The van der Waals surface area contributed by atoms with Gasteiger partial charge < -0.3 is 18.6 Å². The number of allylic oxidation sites excluding steroid dienone is 7. The zero-order valence-corrected chi connectivity index (χ0v) is 39.1. The first-order valence-electron chi connectivity index (χ1n) is 23.9. The van der Waals surface area contributed by atoms with E-state index in [4.69, 9.17) is 9.15 Å². The van der Waals surface area contributed by atoms with Crippen LogP contribution in [0.5, 0.6) is 5.75 Å². The Hall–Kier alpha value is -8.86. The second-order valence-corrected chi connectivity index (χ2v) is 17.4. The minimum Gasteiger partial charge on any atom is -0.461 e. The van der Waals surface area contributed by atoms with Crippen molar-refractivity contribution in [3.8, 4) is 22.6 Å². The van der Waals surface area contributed by atoms with Crippen molar-refractivity contribution in [3.63, 3.8) is 0 Å². The number of aromatic nitrogens is 1. The first-order chi connectivity index (χ1) is 34.6. The minimum atomic E-state index is -0.0208. The van der Waals surface area contributed by atoms with Crippen LogP contribution in [0.15, 0.2) is 279 Å². The normalized spacial score (nSPS) is 14.3. The molecule has 7 aromatic carbocycles. The second-order valence-electron chi connectivity index (χ2n) is 17.4. The zero-order valence-electron chi connectivity index (χ0n) is 39.1. The van der Waals surface area contributed by atoms with Gasteiger partial charge in [0.15, 0.2) is 0 Å². The van der Waals surface area contributed by atoms with Gasteiger partial charge in [-0.1, -0.05) is 164 Å². The first kappa shape index (κ1) is 44.9. The highest BCUT2D eigenvalue weighted by molar-refractivity contribution is 5.83. The number of para-hydroxylation sites is 2. The lowest BCUT2D eigenvalue weighted by Crippen LogP contribution is -2.08. The Morgan fingerprint density at radius 1 is 0.629 bits per heavy atom. The molecule has 0 saturated heterocycles. The van der Waals surface area contributed by atoms with E-state index >= 15 is 0 Å². The van der Waals surface area contributed by atoms with E-state index in [2.05, 4.69) is 211 Å². The summed E-state index contributed by atoms with van der Waals surface area (Å²) in [6.45, 7) is 12.3. The molecule has 0 saturated carbocycles. The van der Waals surface area contributed by atoms with Crippen molar-refractivity contribution >= 4 is 44.9 Å². The van der Waals surface area contributed by atoms with Gasteiger partial charge in [0.1, 0.15) is 22.9 Å². The summed E-state index contributed by atoms with van der Waals surface area (Å²) in [4.78, 5) is 2.22. The molecular weight excluding hydrogens is 853 g/mol. The summed E-state index contributed by atoms with van der Waals surface area (Å²) in [6.07, 6.45) is 18.0. The van der Waals surface area contributed by atoms with Crippen molar-refractivity contribution < 1.29 is 9.15 Å².